The molecule has 0 aliphatic carbocycles. The fourth-order valence-electron chi connectivity index (χ4n) is 2.13. The Balaban J connectivity index is 2.41. The number of carbonyl (C=O) groups is 1. The van der Waals surface area contributed by atoms with Crippen molar-refractivity contribution in [2.75, 3.05) is 0 Å². The van der Waals surface area contributed by atoms with Crippen LogP contribution in [0.15, 0.2) is 47.2 Å². The predicted octanol–water partition coefficient (Wildman–Crippen LogP) is 3.63. The van der Waals surface area contributed by atoms with Gasteiger partial charge in [0.25, 0.3) is 0 Å². The van der Waals surface area contributed by atoms with E-state index < -0.39 is 11.8 Å². The van der Waals surface area contributed by atoms with Crippen LogP contribution in [-0.4, -0.2) is 20.6 Å². The van der Waals surface area contributed by atoms with Gasteiger partial charge in [0, 0.05) is 4.47 Å². The number of hydrogen-bond donors (Lipinski definition) is 1. The van der Waals surface area contributed by atoms with Gasteiger partial charge in [-0.25, -0.2) is 14.2 Å². The highest BCUT2D eigenvalue weighted by Crippen LogP contribution is 2.28. The van der Waals surface area contributed by atoms with Crippen LogP contribution in [0, 0.1) is 5.82 Å². The first-order valence-corrected chi connectivity index (χ1v) is 6.52. The molecule has 0 radical (unpaired) electrons. The molecular formula is C14H8BrFN2O2. The van der Waals surface area contributed by atoms with Gasteiger partial charge >= 0.3 is 5.97 Å². The van der Waals surface area contributed by atoms with Crippen molar-refractivity contribution in [2.24, 2.45) is 0 Å². The third-order valence-electron chi connectivity index (χ3n) is 2.98. The molecule has 0 aliphatic rings. The summed E-state index contributed by atoms with van der Waals surface area (Å²) in [6, 6.07) is 9.34. The highest BCUT2D eigenvalue weighted by molar-refractivity contribution is 9.10. The van der Waals surface area contributed by atoms with Gasteiger partial charge in [-0.15, -0.1) is 0 Å². The van der Waals surface area contributed by atoms with Crippen molar-refractivity contribution in [1.82, 2.24) is 9.55 Å². The number of hydrogen-bond acceptors (Lipinski definition) is 2. The van der Waals surface area contributed by atoms with Crippen LogP contribution >= 0.6 is 15.9 Å². The van der Waals surface area contributed by atoms with Crippen molar-refractivity contribution in [3.05, 3.63) is 58.6 Å². The lowest BCUT2D eigenvalue weighted by molar-refractivity contribution is 0.0698. The molecule has 0 atom stereocenters. The smallest absolute Gasteiger partial charge is 0.337 e. The number of carboxylic acid groups (broad SMARTS) is 1. The summed E-state index contributed by atoms with van der Waals surface area (Å²) in [5.74, 6) is -1.54. The van der Waals surface area contributed by atoms with E-state index in [0.717, 1.165) is 0 Å². The normalized spacial score (nSPS) is 10.9. The average Bonchev–Trinajstić information content (AvgIpc) is 2.82. The molecule has 100 valence electrons. The van der Waals surface area contributed by atoms with Crippen molar-refractivity contribution in [3.8, 4) is 5.69 Å². The lowest BCUT2D eigenvalue weighted by Crippen LogP contribution is -2.03. The standard InChI is InChI=1S/C14H8BrFN2O2/c15-9-4-2-5-10(16)13(9)18-7-17-11-6-1-3-8(12(11)18)14(19)20/h1-7H,(H,19,20). The Bertz CT molecular complexity index is 809. The summed E-state index contributed by atoms with van der Waals surface area (Å²) in [6.07, 6.45) is 1.42. The fraction of sp³-hybridized carbons (Fsp3) is 0. The molecule has 1 aromatic heterocycles. The minimum Gasteiger partial charge on any atom is -0.478 e. The zero-order chi connectivity index (χ0) is 14.3. The highest BCUT2D eigenvalue weighted by atomic mass is 79.9. The van der Waals surface area contributed by atoms with Crippen molar-refractivity contribution < 1.29 is 14.3 Å². The summed E-state index contributed by atoms with van der Waals surface area (Å²) in [6.45, 7) is 0. The topological polar surface area (TPSA) is 55.1 Å². The van der Waals surface area contributed by atoms with Crippen molar-refractivity contribution in [3.63, 3.8) is 0 Å². The Hall–Kier alpha value is -2.21. The summed E-state index contributed by atoms with van der Waals surface area (Å²) in [5, 5.41) is 9.26. The van der Waals surface area contributed by atoms with Gasteiger partial charge < -0.3 is 5.11 Å². The van der Waals surface area contributed by atoms with Crippen molar-refractivity contribution in [1.29, 1.82) is 0 Å². The lowest BCUT2D eigenvalue weighted by Gasteiger charge is -2.09. The molecule has 0 spiro atoms. The molecule has 0 amide bonds. The highest BCUT2D eigenvalue weighted by Gasteiger charge is 2.17. The van der Waals surface area contributed by atoms with Crippen LogP contribution in [0.3, 0.4) is 0 Å². The third-order valence-corrected chi connectivity index (χ3v) is 3.62. The van der Waals surface area contributed by atoms with E-state index in [2.05, 4.69) is 20.9 Å². The largest absolute Gasteiger partial charge is 0.478 e. The molecular weight excluding hydrogens is 327 g/mol. The number of nitrogens with zero attached hydrogens (tertiary/aromatic N) is 2. The monoisotopic (exact) mass is 334 g/mol. The molecule has 20 heavy (non-hydrogen) atoms. The van der Waals surface area contributed by atoms with Crippen LogP contribution in [0.25, 0.3) is 16.7 Å². The zero-order valence-corrected chi connectivity index (χ0v) is 11.6. The van der Waals surface area contributed by atoms with Gasteiger partial charge in [0.2, 0.25) is 0 Å². The third kappa shape index (κ3) is 1.89. The Labute approximate surface area is 121 Å². The molecule has 3 rings (SSSR count). The van der Waals surface area contributed by atoms with Gasteiger partial charge in [-0.05, 0) is 40.2 Å². The maximum absolute atomic E-state index is 14.0. The summed E-state index contributed by atoms with van der Waals surface area (Å²) < 4.78 is 16.0. The molecule has 0 aliphatic heterocycles. The molecule has 0 saturated carbocycles. The molecule has 1 heterocycles. The molecule has 1 N–H and O–H groups in total. The van der Waals surface area contributed by atoms with Crippen LogP contribution in [0.1, 0.15) is 10.4 Å². The second-order valence-electron chi connectivity index (χ2n) is 4.16. The lowest BCUT2D eigenvalue weighted by atomic mass is 10.1. The molecule has 6 heteroatoms. The number of carboxylic acids is 1. The van der Waals surface area contributed by atoms with Crippen molar-refractivity contribution >= 4 is 32.9 Å². The number of aromatic carboxylic acids is 1. The van der Waals surface area contributed by atoms with E-state index in [1.807, 2.05) is 0 Å². The molecule has 2 aromatic carbocycles. The van der Waals surface area contributed by atoms with Gasteiger partial charge in [0.1, 0.15) is 12.1 Å². The predicted molar refractivity (Wildman–Crippen MR) is 75.7 cm³/mol. The minimum atomic E-state index is -1.08. The first-order chi connectivity index (χ1) is 9.59. The summed E-state index contributed by atoms with van der Waals surface area (Å²) in [4.78, 5) is 15.5. The van der Waals surface area contributed by atoms with E-state index in [0.29, 0.717) is 15.5 Å². The number of benzene rings is 2. The molecule has 4 nitrogen and oxygen atoms in total. The number of rotatable bonds is 2. The Kier molecular flexibility index (Phi) is 3.02. The SMILES string of the molecule is O=C(O)c1cccc2ncn(-c3c(F)cccc3Br)c12. The van der Waals surface area contributed by atoms with E-state index in [1.54, 1.807) is 24.3 Å². The van der Waals surface area contributed by atoms with Gasteiger partial charge in [-0.3, -0.25) is 4.57 Å². The number of imidazole rings is 1. The van der Waals surface area contributed by atoms with E-state index in [4.69, 9.17) is 0 Å². The number of para-hydroxylation sites is 2. The van der Waals surface area contributed by atoms with Crippen LogP contribution in [0.4, 0.5) is 4.39 Å². The summed E-state index contributed by atoms with van der Waals surface area (Å²) >= 11 is 3.28. The Morgan fingerprint density at radius 3 is 2.70 bits per heavy atom. The molecule has 0 fully saturated rings. The van der Waals surface area contributed by atoms with E-state index in [9.17, 15) is 14.3 Å². The van der Waals surface area contributed by atoms with E-state index in [-0.39, 0.29) is 11.3 Å². The van der Waals surface area contributed by atoms with Gasteiger partial charge in [-0.1, -0.05) is 12.1 Å². The first kappa shape index (κ1) is 12.8. The molecule has 0 bridgehead atoms. The van der Waals surface area contributed by atoms with Crippen LogP contribution in [-0.2, 0) is 0 Å². The second kappa shape index (κ2) is 4.72. The Morgan fingerprint density at radius 1 is 1.25 bits per heavy atom. The molecule has 0 saturated heterocycles. The Morgan fingerprint density at radius 2 is 2.00 bits per heavy atom. The number of fused-ring (bicyclic) bond motifs is 1. The second-order valence-corrected chi connectivity index (χ2v) is 5.02. The van der Waals surface area contributed by atoms with Crippen LogP contribution in [0.2, 0.25) is 0 Å². The van der Waals surface area contributed by atoms with Gasteiger partial charge in [0.05, 0.1) is 22.3 Å². The summed E-state index contributed by atoms with van der Waals surface area (Å²) in [5.41, 5.74) is 1.18. The van der Waals surface area contributed by atoms with Crippen molar-refractivity contribution in [2.45, 2.75) is 0 Å². The molecule has 3 aromatic rings. The van der Waals surface area contributed by atoms with Crippen LogP contribution in [0.5, 0.6) is 0 Å². The molecule has 0 unspecified atom stereocenters. The van der Waals surface area contributed by atoms with Gasteiger partial charge in [0.15, 0.2) is 0 Å². The average molecular weight is 335 g/mol. The van der Waals surface area contributed by atoms with Crippen LogP contribution < -0.4 is 0 Å². The van der Waals surface area contributed by atoms with E-state index in [1.165, 1.54) is 23.0 Å². The fourth-order valence-corrected chi connectivity index (χ4v) is 2.66. The van der Waals surface area contributed by atoms with Gasteiger partial charge in [-0.2, -0.15) is 0 Å². The minimum absolute atomic E-state index is 0.0788. The van der Waals surface area contributed by atoms with E-state index >= 15 is 0 Å². The summed E-state index contributed by atoms with van der Waals surface area (Å²) in [7, 11) is 0. The number of halogens is 2. The zero-order valence-electron chi connectivity index (χ0n) is 10.0. The quantitative estimate of drug-likeness (QED) is 0.778. The first-order valence-electron chi connectivity index (χ1n) is 5.73. The maximum atomic E-state index is 14.0. The maximum Gasteiger partial charge on any atom is 0.337 e. The number of aromatic nitrogens is 2.